The maximum atomic E-state index is 13.8. The summed E-state index contributed by atoms with van der Waals surface area (Å²) >= 11 is 0. The molecule has 1 saturated carbocycles. The molecule has 2 unspecified atom stereocenters. The zero-order chi connectivity index (χ0) is 27.6. The molecule has 0 spiro atoms. The van der Waals surface area contributed by atoms with Crippen LogP contribution in [-0.2, 0) is 16.0 Å². The number of carbonyl (C=O) groups excluding carboxylic acids is 4. The van der Waals surface area contributed by atoms with Gasteiger partial charge in [0.05, 0.1) is 17.2 Å². The van der Waals surface area contributed by atoms with E-state index in [0.29, 0.717) is 24.2 Å². The minimum Gasteiger partial charge on any atom is -0.508 e. The third kappa shape index (κ3) is 3.79. The van der Waals surface area contributed by atoms with E-state index in [1.165, 1.54) is 11.0 Å². The highest BCUT2D eigenvalue weighted by Gasteiger charge is 2.62. The number of nitrogens with zero attached hydrogens (tertiary/aromatic N) is 2. The third-order valence-corrected chi connectivity index (χ3v) is 7.98. The van der Waals surface area contributed by atoms with E-state index in [-0.39, 0.29) is 36.0 Å². The van der Waals surface area contributed by atoms with Crippen LogP contribution in [0.15, 0.2) is 17.4 Å². The van der Waals surface area contributed by atoms with Crippen LogP contribution in [0.25, 0.3) is 0 Å². The Morgan fingerprint density at radius 3 is 2.38 bits per heavy atom. The number of Topliss-reactive ketones (excluding diaryl/α,β-unsaturated/α-hetero) is 2. The lowest BCUT2D eigenvalue weighted by molar-refractivity contribution is -0.167. The van der Waals surface area contributed by atoms with Crippen LogP contribution >= 0.6 is 0 Å². The number of aromatic hydroxyl groups is 1. The molecule has 1 aromatic rings. The summed E-state index contributed by atoms with van der Waals surface area (Å²) in [7, 11) is 5.06. The Bertz CT molecular complexity index is 1240. The van der Waals surface area contributed by atoms with Crippen molar-refractivity contribution in [3.8, 4) is 5.75 Å². The Labute approximate surface area is 214 Å². The molecular formula is C26H33N3O8. The molecule has 1 aromatic carbocycles. The van der Waals surface area contributed by atoms with E-state index in [0.717, 1.165) is 0 Å². The Morgan fingerprint density at radius 2 is 1.81 bits per heavy atom. The number of aliphatic hydroxyl groups is 3. The van der Waals surface area contributed by atoms with E-state index in [9.17, 15) is 39.6 Å². The van der Waals surface area contributed by atoms with Crippen LogP contribution in [0.2, 0.25) is 0 Å². The average molecular weight is 516 g/mol. The third-order valence-electron chi connectivity index (χ3n) is 7.98. The summed E-state index contributed by atoms with van der Waals surface area (Å²) in [5, 5.41) is 44.2. The predicted octanol–water partition coefficient (Wildman–Crippen LogP) is 0.294. The largest absolute Gasteiger partial charge is 0.508 e. The molecule has 2 amide bonds. The standard InChI is InChI=1S/C26H33N3O8/c1-5-6-29(4)25(36)14-10-15(28(2)3)13-8-11-7-12-9-16(30)19(24(27)35)23(34)26(12,37)22(33)17(11)21(32)18(13)20(14)31/h10-12,16,19,30-31,33,37H,5-9H2,1-4H3,(H2,27,35)/t11-,12+,16?,19?,26+/m1/s1. The quantitative estimate of drug-likeness (QED) is 0.344. The summed E-state index contributed by atoms with van der Waals surface area (Å²) in [5.74, 6) is -8.33. The lowest BCUT2D eigenvalue weighted by atomic mass is 9.57. The van der Waals surface area contributed by atoms with Crippen molar-refractivity contribution in [2.75, 3.05) is 32.6 Å². The van der Waals surface area contributed by atoms with Crippen molar-refractivity contribution in [1.82, 2.24) is 4.90 Å². The fraction of sp³-hybridized carbons (Fsp3) is 0.538. The zero-order valence-electron chi connectivity index (χ0n) is 21.3. The fourth-order valence-electron chi connectivity index (χ4n) is 6.18. The number of rotatable bonds is 5. The van der Waals surface area contributed by atoms with Crippen molar-refractivity contribution in [1.29, 1.82) is 0 Å². The normalized spacial score (nSPS) is 28.8. The summed E-state index contributed by atoms with van der Waals surface area (Å²) in [4.78, 5) is 55.1. The summed E-state index contributed by atoms with van der Waals surface area (Å²) in [6.07, 6.45) is -0.663. The molecule has 37 heavy (non-hydrogen) atoms. The second kappa shape index (κ2) is 9.14. The van der Waals surface area contributed by atoms with Gasteiger partial charge in [0.1, 0.15) is 17.4 Å². The maximum Gasteiger partial charge on any atom is 0.257 e. The number of hydrogen-bond donors (Lipinski definition) is 5. The molecule has 0 bridgehead atoms. The molecule has 3 aliphatic carbocycles. The monoisotopic (exact) mass is 515 g/mol. The Hall–Kier alpha value is -3.44. The van der Waals surface area contributed by atoms with Gasteiger partial charge < -0.3 is 36.0 Å². The number of amides is 2. The summed E-state index contributed by atoms with van der Waals surface area (Å²) in [5.41, 5.74) is 3.23. The Kier molecular flexibility index (Phi) is 6.58. The van der Waals surface area contributed by atoms with Gasteiger partial charge in [0, 0.05) is 44.9 Å². The fourth-order valence-corrected chi connectivity index (χ4v) is 6.18. The number of primary amides is 1. The first-order chi connectivity index (χ1) is 17.3. The van der Waals surface area contributed by atoms with E-state index in [4.69, 9.17) is 5.73 Å². The van der Waals surface area contributed by atoms with E-state index in [1.807, 2.05) is 6.92 Å². The van der Waals surface area contributed by atoms with Crippen LogP contribution < -0.4 is 10.6 Å². The van der Waals surface area contributed by atoms with E-state index in [2.05, 4.69) is 0 Å². The predicted molar refractivity (Wildman–Crippen MR) is 132 cm³/mol. The number of anilines is 1. The molecule has 3 aliphatic rings. The van der Waals surface area contributed by atoms with E-state index < -0.39 is 64.3 Å². The molecule has 0 saturated heterocycles. The number of phenolic OH excluding ortho intramolecular Hbond substituents is 1. The number of carbonyl (C=O) groups is 4. The molecule has 0 radical (unpaired) electrons. The second-order valence-corrected chi connectivity index (χ2v) is 10.5. The molecule has 4 rings (SSSR count). The molecule has 0 heterocycles. The van der Waals surface area contributed by atoms with Crippen molar-refractivity contribution < 1.29 is 39.6 Å². The Balaban J connectivity index is 1.91. The van der Waals surface area contributed by atoms with Crippen LogP contribution in [0, 0.1) is 17.8 Å². The van der Waals surface area contributed by atoms with Crippen molar-refractivity contribution in [3.05, 3.63) is 34.1 Å². The molecular weight excluding hydrogens is 482 g/mol. The number of hydrogen-bond acceptors (Lipinski definition) is 9. The van der Waals surface area contributed by atoms with Gasteiger partial charge in [-0.15, -0.1) is 0 Å². The highest BCUT2D eigenvalue weighted by atomic mass is 16.3. The van der Waals surface area contributed by atoms with Gasteiger partial charge in [0.15, 0.2) is 17.2 Å². The number of fused-ring (bicyclic) bond motifs is 3. The summed E-state index contributed by atoms with van der Waals surface area (Å²) < 4.78 is 0. The molecule has 6 N–H and O–H groups in total. The first-order valence-electron chi connectivity index (χ1n) is 12.3. The number of benzene rings is 1. The smallest absolute Gasteiger partial charge is 0.257 e. The lowest BCUT2D eigenvalue weighted by Gasteiger charge is -2.48. The molecule has 1 fully saturated rings. The highest BCUT2D eigenvalue weighted by molar-refractivity contribution is 6.17. The van der Waals surface area contributed by atoms with Crippen LogP contribution in [0.5, 0.6) is 5.75 Å². The number of allylic oxidation sites excluding steroid dienone is 1. The van der Waals surface area contributed by atoms with Crippen LogP contribution in [0.4, 0.5) is 5.69 Å². The number of aliphatic hydroxyl groups excluding tert-OH is 2. The van der Waals surface area contributed by atoms with Gasteiger partial charge in [0.25, 0.3) is 5.91 Å². The molecule has 5 atom stereocenters. The maximum absolute atomic E-state index is 13.8. The second-order valence-electron chi connectivity index (χ2n) is 10.5. The lowest BCUT2D eigenvalue weighted by Crippen LogP contribution is -2.63. The van der Waals surface area contributed by atoms with Gasteiger partial charge in [-0.2, -0.15) is 0 Å². The van der Waals surface area contributed by atoms with Gasteiger partial charge >= 0.3 is 0 Å². The van der Waals surface area contributed by atoms with Gasteiger partial charge in [-0.3, -0.25) is 19.2 Å². The molecule has 0 aliphatic heterocycles. The van der Waals surface area contributed by atoms with Crippen LogP contribution in [0.1, 0.15) is 52.5 Å². The Morgan fingerprint density at radius 1 is 1.16 bits per heavy atom. The van der Waals surface area contributed by atoms with E-state index >= 15 is 0 Å². The van der Waals surface area contributed by atoms with Crippen molar-refractivity contribution in [3.63, 3.8) is 0 Å². The number of ketones is 2. The number of nitrogens with two attached hydrogens (primary N) is 1. The highest BCUT2D eigenvalue weighted by Crippen LogP contribution is 2.53. The number of phenols is 1. The van der Waals surface area contributed by atoms with E-state index in [1.54, 1.807) is 26.0 Å². The van der Waals surface area contributed by atoms with Gasteiger partial charge in [-0.1, -0.05) is 6.92 Å². The average Bonchev–Trinajstić information content (AvgIpc) is 2.80. The van der Waals surface area contributed by atoms with Crippen LogP contribution in [0.3, 0.4) is 0 Å². The molecule has 200 valence electrons. The van der Waals surface area contributed by atoms with Gasteiger partial charge in [-0.05, 0) is 43.2 Å². The first-order valence-corrected chi connectivity index (χ1v) is 12.3. The first kappa shape index (κ1) is 26.6. The van der Waals surface area contributed by atoms with Gasteiger partial charge in [0.2, 0.25) is 5.91 Å². The minimum atomic E-state index is -2.58. The minimum absolute atomic E-state index is 0.0723. The molecule has 0 aromatic heterocycles. The van der Waals surface area contributed by atoms with Crippen molar-refractivity contribution in [2.45, 2.75) is 44.3 Å². The van der Waals surface area contributed by atoms with Gasteiger partial charge in [-0.25, -0.2) is 0 Å². The zero-order valence-corrected chi connectivity index (χ0v) is 21.3. The van der Waals surface area contributed by atoms with Crippen molar-refractivity contribution >= 4 is 29.1 Å². The van der Waals surface area contributed by atoms with Crippen LogP contribution in [-0.4, -0.2) is 88.1 Å². The van der Waals surface area contributed by atoms with Crippen molar-refractivity contribution in [2.24, 2.45) is 23.5 Å². The topological polar surface area (TPSA) is 182 Å². The molecule has 11 heteroatoms. The molecule has 11 nitrogen and oxygen atoms in total. The summed E-state index contributed by atoms with van der Waals surface area (Å²) in [6, 6.07) is 1.54. The SMILES string of the molecule is CCCN(C)C(=O)c1cc(N(C)C)c2c(c1O)C(=O)C1=C(O)[C@]3(O)C(=O)C(C(N)=O)C(O)C[C@@H]3C[C@@H]1C2. The summed E-state index contributed by atoms with van der Waals surface area (Å²) in [6.45, 7) is 2.33.